The predicted molar refractivity (Wildman–Crippen MR) is 99.8 cm³/mol. The van der Waals surface area contributed by atoms with Crippen molar-refractivity contribution in [1.82, 2.24) is 9.88 Å². The maximum absolute atomic E-state index is 12.5. The Kier molecular flexibility index (Phi) is 5.53. The van der Waals surface area contributed by atoms with E-state index in [2.05, 4.69) is 4.98 Å². The summed E-state index contributed by atoms with van der Waals surface area (Å²) in [5, 5.41) is 2.83. The normalized spacial score (nSPS) is 15.2. The van der Waals surface area contributed by atoms with Gasteiger partial charge in [-0.05, 0) is 50.2 Å². The number of benzene rings is 1. The van der Waals surface area contributed by atoms with Crippen molar-refractivity contribution >= 4 is 38.1 Å². The molecule has 1 aromatic carbocycles. The zero-order chi connectivity index (χ0) is 18.7. The molecule has 1 saturated heterocycles. The monoisotopic (exact) mass is 396 g/mol. The molecule has 0 bridgehead atoms. The van der Waals surface area contributed by atoms with E-state index in [0.29, 0.717) is 10.1 Å². The van der Waals surface area contributed by atoms with E-state index in [1.54, 1.807) is 5.38 Å². The number of sulfonamides is 1. The number of carbonyl (C=O) groups excluding carboxylic acids is 1. The largest absolute Gasteiger partial charge is 0.294 e. The Morgan fingerprint density at radius 3 is 2.42 bits per heavy atom. The highest BCUT2D eigenvalue weighted by Gasteiger charge is 2.25. The fraction of sp³-hybridized carbons (Fsp3) is 0.333. The number of anilines is 2. The molecule has 0 unspecified atom stereocenters. The lowest BCUT2D eigenvalue weighted by Crippen LogP contribution is -2.44. The quantitative estimate of drug-likeness (QED) is 0.414. The molecule has 140 valence electrons. The second kappa shape index (κ2) is 7.68. The van der Waals surface area contributed by atoms with Crippen LogP contribution in [0.4, 0.5) is 10.8 Å². The highest BCUT2D eigenvalue weighted by molar-refractivity contribution is 7.93. The first-order valence-electron chi connectivity index (χ1n) is 7.99. The van der Waals surface area contributed by atoms with Crippen molar-refractivity contribution in [3.05, 3.63) is 35.8 Å². The van der Waals surface area contributed by atoms with Crippen LogP contribution in [-0.2, 0) is 14.8 Å². The molecule has 2 heterocycles. The van der Waals surface area contributed by atoms with Crippen molar-refractivity contribution in [2.45, 2.75) is 17.7 Å². The highest BCUT2D eigenvalue weighted by atomic mass is 32.2. The molecule has 0 radical (unpaired) electrons. The minimum absolute atomic E-state index is 0.0145. The first-order chi connectivity index (χ1) is 12.4. The van der Waals surface area contributed by atoms with Gasteiger partial charge in [0.2, 0.25) is 5.13 Å². The summed E-state index contributed by atoms with van der Waals surface area (Å²) < 4.78 is 25.7. The van der Waals surface area contributed by atoms with Crippen molar-refractivity contribution in [2.24, 2.45) is 11.7 Å². The number of aromatic nitrogens is 1. The average molecular weight is 396 g/mol. The number of rotatable bonds is 6. The zero-order valence-corrected chi connectivity index (χ0v) is 15.6. The molecule has 4 N–H and O–H groups in total. The van der Waals surface area contributed by atoms with Crippen LogP contribution in [0.25, 0.3) is 0 Å². The van der Waals surface area contributed by atoms with E-state index in [9.17, 15) is 13.2 Å². The zero-order valence-electron chi connectivity index (χ0n) is 14.0. The summed E-state index contributed by atoms with van der Waals surface area (Å²) in [6.45, 7) is 2.02. The van der Waals surface area contributed by atoms with Crippen LogP contribution < -0.4 is 21.1 Å². The Bertz CT molecular complexity index is 848. The number of hydrogen-bond donors (Lipinski definition) is 2. The number of hydrazine groups is 2. The molecule has 1 amide bonds. The van der Waals surface area contributed by atoms with Crippen LogP contribution in [0.3, 0.4) is 0 Å². The van der Waals surface area contributed by atoms with Gasteiger partial charge in [-0.3, -0.25) is 9.69 Å². The van der Waals surface area contributed by atoms with Crippen molar-refractivity contribution in [3.63, 3.8) is 0 Å². The van der Waals surface area contributed by atoms with E-state index in [1.165, 1.54) is 30.5 Å². The van der Waals surface area contributed by atoms with Gasteiger partial charge in [0.1, 0.15) is 0 Å². The molecule has 1 aliphatic rings. The van der Waals surface area contributed by atoms with Crippen molar-refractivity contribution in [3.8, 4) is 0 Å². The summed E-state index contributed by atoms with van der Waals surface area (Å²) in [4.78, 5) is 18.2. The Morgan fingerprint density at radius 1 is 1.19 bits per heavy atom. The molecule has 26 heavy (non-hydrogen) atoms. The molecule has 1 fully saturated rings. The highest BCUT2D eigenvalue weighted by Crippen LogP contribution is 2.24. The second-order valence-corrected chi connectivity index (χ2v) is 8.54. The lowest BCUT2D eigenvalue weighted by molar-refractivity contribution is -0.119. The molecule has 2 aromatic rings. The molecule has 0 aliphatic carbocycles. The number of thiazole rings is 1. The molecular weight excluding hydrogens is 376 g/mol. The minimum Gasteiger partial charge on any atom is -0.294 e. The standard InChI is InChI=1S/C15H20N6O3S2/c16-20(14(22)11-19-8-1-2-9-19)12-3-5-13(6-4-12)26(23,24)21(17)15-18-7-10-25-15/h3-7,10H,1-2,8-9,11,16-17H2. The van der Waals surface area contributed by atoms with Crippen LogP contribution in [0.5, 0.6) is 0 Å². The summed E-state index contributed by atoms with van der Waals surface area (Å²) in [5.41, 5.74) is 0.408. The van der Waals surface area contributed by atoms with Gasteiger partial charge in [-0.2, -0.15) is 12.8 Å². The number of nitrogens with zero attached hydrogens (tertiary/aromatic N) is 4. The number of likely N-dealkylation sites (tertiary alicyclic amines) is 1. The number of carbonyl (C=O) groups is 1. The summed E-state index contributed by atoms with van der Waals surface area (Å²) in [6, 6.07) is 5.68. The van der Waals surface area contributed by atoms with Crippen molar-refractivity contribution in [1.29, 1.82) is 0 Å². The fourth-order valence-electron chi connectivity index (χ4n) is 2.67. The van der Waals surface area contributed by atoms with E-state index in [0.717, 1.165) is 42.3 Å². The molecule has 0 spiro atoms. The minimum atomic E-state index is -3.94. The Balaban J connectivity index is 1.72. The van der Waals surface area contributed by atoms with Crippen LogP contribution in [-0.4, -0.2) is 43.8 Å². The van der Waals surface area contributed by atoms with Crippen LogP contribution in [0, 0.1) is 0 Å². The van der Waals surface area contributed by atoms with Gasteiger partial charge in [-0.25, -0.2) is 21.7 Å². The average Bonchev–Trinajstić information content (AvgIpc) is 3.34. The lowest BCUT2D eigenvalue weighted by Gasteiger charge is -2.21. The third kappa shape index (κ3) is 3.86. The Labute approximate surface area is 155 Å². The van der Waals surface area contributed by atoms with Gasteiger partial charge >= 0.3 is 0 Å². The van der Waals surface area contributed by atoms with Crippen LogP contribution in [0.1, 0.15) is 12.8 Å². The van der Waals surface area contributed by atoms with Gasteiger partial charge in [-0.15, -0.1) is 11.3 Å². The third-order valence-corrected chi connectivity index (χ3v) is 6.55. The van der Waals surface area contributed by atoms with E-state index >= 15 is 0 Å². The van der Waals surface area contributed by atoms with Gasteiger partial charge in [0.25, 0.3) is 15.9 Å². The van der Waals surface area contributed by atoms with Crippen LogP contribution in [0.2, 0.25) is 0 Å². The molecule has 11 heteroatoms. The SMILES string of the molecule is NN(C(=O)CN1CCCC1)c1ccc(S(=O)(=O)N(N)c2nccs2)cc1. The fourth-order valence-corrected chi connectivity index (χ4v) is 4.52. The Morgan fingerprint density at radius 2 is 1.85 bits per heavy atom. The number of hydrogen-bond acceptors (Lipinski definition) is 8. The van der Waals surface area contributed by atoms with Gasteiger partial charge in [-0.1, -0.05) is 0 Å². The molecule has 0 saturated carbocycles. The van der Waals surface area contributed by atoms with Crippen LogP contribution >= 0.6 is 11.3 Å². The van der Waals surface area contributed by atoms with E-state index < -0.39 is 10.0 Å². The summed E-state index contributed by atoms with van der Waals surface area (Å²) in [5.74, 6) is 11.3. The maximum Gasteiger partial charge on any atom is 0.279 e. The topological polar surface area (TPSA) is 126 Å². The second-order valence-electron chi connectivity index (χ2n) is 5.86. The van der Waals surface area contributed by atoms with Crippen LogP contribution in [0.15, 0.2) is 40.7 Å². The van der Waals surface area contributed by atoms with Crippen molar-refractivity contribution < 1.29 is 13.2 Å². The summed E-state index contributed by atoms with van der Waals surface area (Å²) in [6.07, 6.45) is 3.63. The molecule has 1 aromatic heterocycles. The summed E-state index contributed by atoms with van der Waals surface area (Å²) in [7, 11) is -3.94. The van der Waals surface area contributed by atoms with Crippen molar-refractivity contribution in [2.75, 3.05) is 29.1 Å². The predicted octanol–water partition coefficient (Wildman–Crippen LogP) is 0.515. The smallest absolute Gasteiger partial charge is 0.279 e. The third-order valence-electron chi connectivity index (χ3n) is 4.11. The number of amides is 1. The van der Waals surface area contributed by atoms with Gasteiger partial charge < -0.3 is 0 Å². The maximum atomic E-state index is 12.5. The molecule has 0 atom stereocenters. The van der Waals surface area contributed by atoms with Gasteiger partial charge in [0.15, 0.2) is 0 Å². The molecule has 3 rings (SSSR count). The van der Waals surface area contributed by atoms with E-state index in [1.807, 2.05) is 4.90 Å². The summed E-state index contributed by atoms with van der Waals surface area (Å²) >= 11 is 1.11. The Hall–Kier alpha value is -2.05. The van der Waals surface area contributed by atoms with E-state index in [4.69, 9.17) is 11.7 Å². The van der Waals surface area contributed by atoms with E-state index in [-0.39, 0.29) is 22.5 Å². The van der Waals surface area contributed by atoms with Gasteiger partial charge in [0.05, 0.1) is 17.1 Å². The first-order valence-corrected chi connectivity index (χ1v) is 10.3. The number of nitrogens with two attached hydrogens (primary N) is 2. The lowest BCUT2D eigenvalue weighted by atomic mass is 10.3. The first kappa shape index (κ1) is 18.7. The molecular formula is C15H20N6O3S2. The molecule has 1 aliphatic heterocycles. The van der Waals surface area contributed by atoms with Gasteiger partial charge in [0, 0.05) is 11.6 Å². The molecule has 9 nitrogen and oxygen atoms in total.